The van der Waals surface area contributed by atoms with E-state index in [9.17, 15) is 18.0 Å². The van der Waals surface area contributed by atoms with Crippen molar-refractivity contribution in [3.63, 3.8) is 0 Å². The summed E-state index contributed by atoms with van der Waals surface area (Å²) in [5.74, 6) is -1.01. The normalized spacial score (nSPS) is 17.9. The minimum absolute atomic E-state index is 0.329. The number of ether oxygens (including phenoxy) is 1. The number of carbonyl (C=O) groups excluding carboxylic acids is 2. The fourth-order valence-electron chi connectivity index (χ4n) is 3.12. The molecule has 1 fully saturated rings. The van der Waals surface area contributed by atoms with Crippen LogP contribution in [0.2, 0.25) is 0 Å². The van der Waals surface area contributed by atoms with E-state index in [0.29, 0.717) is 18.5 Å². The molecule has 8 heteroatoms. The zero-order valence-electron chi connectivity index (χ0n) is 15.5. The molecule has 1 heterocycles. The number of nitrogens with zero attached hydrogens (tertiary/aromatic N) is 1. The molecule has 0 spiro atoms. The number of carbonyl (C=O) groups is 2. The maximum absolute atomic E-state index is 12.7. The summed E-state index contributed by atoms with van der Waals surface area (Å²) in [6.45, 7) is 0.329. The Bertz CT molecular complexity index is 960. The first kappa shape index (κ1) is 19.9. The highest BCUT2D eigenvalue weighted by Crippen LogP contribution is 2.19. The lowest BCUT2D eigenvalue weighted by atomic mass is 10.1. The maximum Gasteiger partial charge on any atom is 0.255 e. The molecule has 1 atom stereocenters. The molecule has 1 saturated heterocycles. The summed E-state index contributed by atoms with van der Waals surface area (Å²) in [4.78, 5) is 26.4. The Hall–Kier alpha value is -2.87. The average Bonchev–Trinajstić information content (AvgIpc) is 3.04. The van der Waals surface area contributed by atoms with Gasteiger partial charge in [-0.15, -0.1) is 0 Å². The maximum atomic E-state index is 12.7. The third-order valence-electron chi connectivity index (χ3n) is 4.56. The van der Waals surface area contributed by atoms with Crippen LogP contribution in [-0.2, 0) is 21.1 Å². The lowest BCUT2D eigenvalue weighted by Crippen LogP contribution is -2.47. The highest BCUT2D eigenvalue weighted by Gasteiger charge is 2.42. The lowest BCUT2D eigenvalue weighted by Gasteiger charge is -2.22. The first-order valence-corrected chi connectivity index (χ1v) is 10.7. The molecule has 148 valence electrons. The van der Waals surface area contributed by atoms with E-state index in [2.05, 4.69) is 5.32 Å². The molecule has 1 unspecified atom stereocenters. The second kappa shape index (κ2) is 8.43. The van der Waals surface area contributed by atoms with Gasteiger partial charge in [0.15, 0.2) is 9.84 Å². The Kier molecular flexibility index (Phi) is 5.99. The summed E-state index contributed by atoms with van der Waals surface area (Å²) in [7, 11) is -1.92. The van der Waals surface area contributed by atoms with Crippen LogP contribution < -0.4 is 10.1 Å². The molecule has 2 aromatic rings. The Labute approximate surface area is 164 Å². The Balaban J connectivity index is 1.65. The standard InChI is InChI=1S/C20H22N2O5S/c1-27-17-9-5-6-15(12-17)10-11-21-19(23)18-13-28(25,26)14-22(18)20(24)16-7-3-2-4-8-16/h2-9,12,18H,10-11,13-14H2,1H3,(H,21,23). The summed E-state index contributed by atoms with van der Waals surface area (Å²) in [5.41, 5.74) is 1.34. The lowest BCUT2D eigenvalue weighted by molar-refractivity contribution is -0.124. The van der Waals surface area contributed by atoms with Crippen molar-refractivity contribution in [1.29, 1.82) is 0 Å². The third-order valence-corrected chi connectivity index (χ3v) is 6.05. The van der Waals surface area contributed by atoms with Crippen molar-refractivity contribution in [3.05, 3.63) is 65.7 Å². The van der Waals surface area contributed by atoms with E-state index >= 15 is 0 Å². The highest BCUT2D eigenvalue weighted by atomic mass is 32.2. The molecule has 0 bridgehead atoms. The van der Waals surface area contributed by atoms with Crippen molar-refractivity contribution in [3.8, 4) is 5.75 Å². The summed E-state index contributed by atoms with van der Waals surface area (Å²) >= 11 is 0. The molecule has 3 rings (SSSR count). The van der Waals surface area contributed by atoms with Crippen LogP contribution >= 0.6 is 0 Å². The van der Waals surface area contributed by atoms with Gasteiger partial charge in [0.25, 0.3) is 5.91 Å². The van der Waals surface area contributed by atoms with Gasteiger partial charge in [0.05, 0.1) is 12.9 Å². The summed E-state index contributed by atoms with van der Waals surface area (Å²) < 4.78 is 29.3. The van der Waals surface area contributed by atoms with Gasteiger partial charge in [-0.05, 0) is 36.2 Å². The van der Waals surface area contributed by atoms with E-state index in [0.717, 1.165) is 16.2 Å². The molecular weight excluding hydrogens is 380 g/mol. The van der Waals surface area contributed by atoms with Crippen molar-refractivity contribution in [2.24, 2.45) is 0 Å². The van der Waals surface area contributed by atoms with E-state index in [-0.39, 0.29) is 5.75 Å². The number of benzene rings is 2. The smallest absolute Gasteiger partial charge is 0.255 e. The van der Waals surface area contributed by atoms with Crippen LogP contribution in [0.1, 0.15) is 15.9 Å². The number of rotatable bonds is 6. The largest absolute Gasteiger partial charge is 0.497 e. The Morgan fingerprint density at radius 3 is 2.61 bits per heavy atom. The number of nitrogens with one attached hydrogen (secondary N) is 1. The molecule has 0 aliphatic carbocycles. The van der Waals surface area contributed by atoms with E-state index in [1.165, 1.54) is 0 Å². The second-order valence-corrected chi connectivity index (χ2v) is 8.67. The van der Waals surface area contributed by atoms with Gasteiger partial charge >= 0.3 is 0 Å². The molecule has 0 aromatic heterocycles. The zero-order chi connectivity index (χ0) is 20.1. The first-order valence-electron chi connectivity index (χ1n) is 8.87. The van der Waals surface area contributed by atoms with E-state index in [1.807, 2.05) is 24.3 Å². The first-order chi connectivity index (χ1) is 13.4. The van der Waals surface area contributed by atoms with Crippen LogP contribution in [0.25, 0.3) is 0 Å². The van der Waals surface area contributed by atoms with E-state index in [4.69, 9.17) is 4.74 Å². The number of methoxy groups -OCH3 is 1. The number of hydrogen-bond donors (Lipinski definition) is 1. The van der Waals surface area contributed by atoms with Gasteiger partial charge < -0.3 is 15.0 Å². The van der Waals surface area contributed by atoms with Crippen LogP contribution in [-0.4, -0.2) is 56.5 Å². The SMILES string of the molecule is COc1cccc(CCNC(=O)C2CS(=O)(=O)CN2C(=O)c2ccccc2)c1. The zero-order valence-corrected chi connectivity index (χ0v) is 16.3. The molecule has 0 radical (unpaired) electrons. The van der Waals surface area contributed by atoms with Crippen LogP contribution in [0.4, 0.5) is 0 Å². The minimum atomic E-state index is -3.50. The predicted octanol–water partition coefficient (Wildman–Crippen LogP) is 1.25. The van der Waals surface area contributed by atoms with Gasteiger partial charge in [0.2, 0.25) is 5.91 Å². The molecule has 2 amide bonds. The molecule has 0 saturated carbocycles. The monoisotopic (exact) mass is 402 g/mol. The van der Waals surface area contributed by atoms with Crippen LogP contribution in [0.3, 0.4) is 0 Å². The van der Waals surface area contributed by atoms with Crippen molar-refractivity contribution in [2.45, 2.75) is 12.5 Å². The van der Waals surface area contributed by atoms with Crippen molar-refractivity contribution in [2.75, 3.05) is 25.3 Å². The third kappa shape index (κ3) is 4.69. The average molecular weight is 402 g/mol. The van der Waals surface area contributed by atoms with Gasteiger partial charge in [-0.2, -0.15) is 0 Å². The summed E-state index contributed by atoms with van der Waals surface area (Å²) in [6.07, 6.45) is 0.565. The van der Waals surface area contributed by atoms with Crippen molar-refractivity contribution in [1.82, 2.24) is 10.2 Å². The molecule has 7 nitrogen and oxygen atoms in total. The van der Waals surface area contributed by atoms with Crippen LogP contribution in [0, 0.1) is 0 Å². The molecule has 28 heavy (non-hydrogen) atoms. The van der Waals surface area contributed by atoms with E-state index < -0.39 is 33.6 Å². The minimum Gasteiger partial charge on any atom is -0.497 e. The fraction of sp³-hybridized carbons (Fsp3) is 0.300. The van der Waals surface area contributed by atoms with E-state index in [1.54, 1.807) is 37.4 Å². The molecule has 1 N–H and O–H groups in total. The summed E-state index contributed by atoms with van der Waals surface area (Å²) in [6, 6.07) is 14.8. The second-order valence-electron chi connectivity index (χ2n) is 6.59. The van der Waals surface area contributed by atoms with Crippen LogP contribution in [0.15, 0.2) is 54.6 Å². The quantitative estimate of drug-likeness (QED) is 0.785. The van der Waals surface area contributed by atoms with Gasteiger partial charge in [-0.1, -0.05) is 30.3 Å². The molecule has 1 aliphatic heterocycles. The highest BCUT2D eigenvalue weighted by molar-refractivity contribution is 7.91. The summed E-state index contributed by atoms with van der Waals surface area (Å²) in [5, 5.41) is 2.75. The van der Waals surface area contributed by atoms with Gasteiger partial charge in [0.1, 0.15) is 17.7 Å². The van der Waals surface area contributed by atoms with Crippen LogP contribution in [0.5, 0.6) is 5.75 Å². The molecular formula is C20H22N2O5S. The number of hydrogen-bond acceptors (Lipinski definition) is 5. The van der Waals surface area contributed by atoms with Gasteiger partial charge in [-0.3, -0.25) is 9.59 Å². The number of sulfone groups is 1. The molecule has 2 aromatic carbocycles. The Morgan fingerprint density at radius 1 is 1.14 bits per heavy atom. The van der Waals surface area contributed by atoms with Gasteiger partial charge in [0, 0.05) is 12.1 Å². The number of amides is 2. The van der Waals surface area contributed by atoms with Gasteiger partial charge in [-0.25, -0.2) is 8.42 Å². The molecule has 1 aliphatic rings. The van der Waals surface area contributed by atoms with Crippen molar-refractivity contribution >= 4 is 21.7 Å². The fourth-order valence-corrected chi connectivity index (χ4v) is 4.76. The van der Waals surface area contributed by atoms with Crippen molar-refractivity contribution < 1.29 is 22.7 Å². The topological polar surface area (TPSA) is 92.8 Å². The Morgan fingerprint density at radius 2 is 1.89 bits per heavy atom. The predicted molar refractivity (Wildman–Crippen MR) is 105 cm³/mol.